The standard InChI is InChI=1S/C18H21ClN2O2/c1-12(2)21-18(23)15-7-8-16(19)17(9-15)20-10-13-3-5-14(11-22)6-4-13/h3-9,12,20,22H,10-11H2,1-2H3,(H,21,23). The minimum Gasteiger partial charge on any atom is -0.392 e. The second-order valence-corrected chi connectivity index (χ2v) is 6.06. The van der Waals surface area contributed by atoms with E-state index >= 15 is 0 Å². The summed E-state index contributed by atoms with van der Waals surface area (Å²) in [7, 11) is 0. The van der Waals surface area contributed by atoms with E-state index in [4.69, 9.17) is 16.7 Å². The van der Waals surface area contributed by atoms with Gasteiger partial charge in [0.25, 0.3) is 5.91 Å². The molecule has 5 heteroatoms. The van der Waals surface area contributed by atoms with E-state index in [0.717, 1.165) is 11.1 Å². The molecule has 0 unspecified atom stereocenters. The summed E-state index contributed by atoms with van der Waals surface area (Å²) >= 11 is 6.19. The molecule has 122 valence electrons. The van der Waals surface area contributed by atoms with Gasteiger partial charge in [0.2, 0.25) is 0 Å². The summed E-state index contributed by atoms with van der Waals surface area (Å²) in [5, 5.41) is 15.7. The Morgan fingerprint density at radius 3 is 2.39 bits per heavy atom. The summed E-state index contributed by atoms with van der Waals surface area (Å²) in [6.45, 7) is 4.46. The zero-order valence-corrected chi connectivity index (χ0v) is 14.0. The first-order valence-corrected chi connectivity index (χ1v) is 7.90. The van der Waals surface area contributed by atoms with E-state index < -0.39 is 0 Å². The maximum atomic E-state index is 12.1. The Kier molecular flexibility index (Phi) is 6.02. The van der Waals surface area contributed by atoms with E-state index in [1.54, 1.807) is 18.2 Å². The average Bonchev–Trinajstić information content (AvgIpc) is 2.54. The zero-order chi connectivity index (χ0) is 16.8. The van der Waals surface area contributed by atoms with Gasteiger partial charge in [-0.15, -0.1) is 0 Å². The van der Waals surface area contributed by atoms with Crippen LogP contribution in [0, 0.1) is 0 Å². The van der Waals surface area contributed by atoms with Crippen LogP contribution in [0.25, 0.3) is 0 Å². The van der Waals surface area contributed by atoms with Crippen LogP contribution in [0.1, 0.15) is 35.3 Å². The molecule has 0 atom stereocenters. The lowest BCUT2D eigenvalue weighted by molar-refractivity contribution is 0.0943. The minimum absolute atomic E-state index is 0.0343. The molecule has 0 fully saturated rings. The molecule has 0 spiro atoms. The summed E-state index contributed by atoms with van der Waals surface area (Å²) in [6.07, 6.45) is 0. The van der Waals surface area contributed by atoms with Crippen LogP contribution < -0.4 is 10.6 Å². The molecule has 0 aliphatic carbocycles. The van der Waals surface area contributed by atoms with Gasteiger partial charge in [-0.2, -0.15) is 0 Å². The molecule has 0 saturated heterocycles. The molecule has 0 aromatic heterocycles. The van der Waals surface area contributed by atoms with E-state index in [2.05, 4.69) is 10.6 Å². The summed E-state index contributed by atoms with van der Waals surface area (Å²) < 4.78 is 0. The van der Waals surface area contributed by atoms with Gasteiger partial charge in [0.1, 0.15) is 0 Å². The number of halogens is 1. The van der Waals surface area contributed by atoms with E-state index in [9.17, 15) is 4.79 Å². The van der Waals surface area contributed by atoms with Crippen molar-refractivity contribution in [3.63, 3.8) is 0 Å². The predicted molar refractivity (Wildman–Crippen MR) is 93.7 cm³/mol. The number of amides is 1. The minimum atomic E-state index is -0.119. The smallest absolute Gasteiger partial charge is 0.251 e. The highest BCUT2D eigenvalue weighted by Gasteiger charge is 2.10. The molecule has 0 heterocycles. The molecule has 1 amide bonds. The van der Waals surface area contributed by atoms with Crippen molar-refractivity contribution in [3.05, 3.63) is 64.2 Å². The third kappa shape index (κ3) is 4.98. The molecule has 4 nitrogen and oxygen atoms in total. The molecule has 2 aromatic rings. The van der Waals surface area contributed by atoms with E-state index in [0.29, 0.717) is 22.8 Å². The summed E-state index contributed by atoms with van der Waals surface area (Å²) in [5.41, 5.74) is 3.23. The van der Waals surface area contributed by atoms with Crippen LogP contribution in [0.5, 0.6) is 0 Å². The van der Waals surface area contributed by atoms with Gasteiger partial charge < -0.3 is 15.7 Å². The number of aliphatic hydroxyl groups is 1. The number of nitrogens with one attached hydrogen (secondary N) is 2. The number of hydrogen-bond acceptors (Lipinski definition) is 3. The number of hydrogen-bond donors (Lipinski definition) is 3. The molecular formula is C18H21ClN2O2. The summed E-state index contributed by atoms with van der Waals surface area (Å²) in [5.74, 6) is -0.119. The van der Waals surface area contributed by atoms with Crippen molar-refractivity contribution in [1.29, 1.82) is 0 Å². The van der Waals surface area contributed by atoms with Crippen LogP contribution in [-0.4, -0.2) is 17.1 Å². The second-order valence-electron chi connectivity index (χ2n) is 5.65. The Morgan fingerprint density at radius 1 is 1.13 bits per heavy atom. The summed E-state index contributed by atoms with van der Waals surface area (Å²) in [4.78, 5) is 12.1. The number of aliphatic hydroxyl groups excluding tert-OH is 1. The Labute approximate surface area is 141 Å². The highest BCUT2D eigenvalue weighted by atomic mass is 35.5. The predicted octanol–water partition coefficient (Wildman–Crippen LogP) is 3.58. The maximum Gasteiger partial charge on any atom is 0.251 e. The second kappa shape index (κ2) is 7.99. The van der Waals surface area contributed by atoms with Crippen molar-refractivity contribution in [2.24, 2.45) is 0 Å². The van der Waals surface area contributed by atoms with Crippen molar-refractivity contribution < 1.29 is 9.90 Å². The SMILES string of the molecule is CC(C)NC(=O)c1ccc(Cl)c(NCc2ccc(CO)cc2)c1. The van der Waals surface area contributed by atoms with E-state index in [-0.39, 0.29) is 18.6 Å². The van der Waals surface area contributed by atoms with Crippen LogP contribution in [0.2, 0.25) is 5.02 Å². The first kappa shape index (κ1) is 17.3. The van der Waals surface area contributed by atoms with Crippen molar-refractivity contribution in [2.75, 3.05) is 5.32 Å². The van der Waals surface area contributed by atoms with Gasteiger partial charge >= 0.3 is 0 Å². The molecule has 0 aliphatic rings. The summed E-state index contributed by atoms with van der Waals surface area (Å²) in [6, 6.07) is 12.9. The molecule has 2 aromatic carbocycles. The van der Waals surface area contributed by atoms with Gasteiger partial charge in [-0.25, -0.2) is 0 Å². The lowest BCUT2D eigenvalue weighted by Gasteiger charge is -2.12. The quantitative estimate of drug-likeness (QED) is 0.757. The Hall–Kier alpha value is -2.04. The van der Waals surface area contributed by atoms with Crippen molar-refractivity contribution >= 4 is 23.2 Å². The van der Waals surface area contributed by atoms with Crippen LogP contribution in [0.4, 0.5) is 5.69 Å². The van der Waals surface area contributed by atoms with Crippen molar-refractivity contribution in [1.82, 2.24) is 5.32 Å². The first-order valence-electron chi connectivity index (χ1n) is 7.52. The Morgan fingerprint density at radius 2 is 1.78 bits per heavy atom. The molecule has 0 aliphatic heterocycles. The third-order valence-corrected chi connectivity index (χ3v) is 3.67. The fourth-order valence-corrected chi connectivity index (χ4v) is 2.29. The monoisotopic (exact) mass is 332 g/mol. The van der Waals surface area contributed by atoms with Gasteiger partial charge in [-0.1, -0.05) is 35.9 Å². The Bertz CT molecular complexity index is 669. The highest BCUT2D eigenvalue weighted by molar-refractivity contribution is 6.33. The lowest BCUT2D eigenvalue weighted by Crippen LogP contribution is -2.30. The Balaban J connectivity index is 2.07. The average molecular weight is 333 g/mol. The fraction of sp³-hybridized carbons (Fsp3) is 0.278. The molecular weight excluding hydrogens is 312 g/mol. The van der Waals surface area contributed by atoms with Crippen LogP contribution in [-0.2, 0) is 13.2 Å². The maximum absolute atomic E-state index is 12.1. The van der Waals surface area contributed by atoms with Gasteiger partial charge in [-0.05, 0) is 43.2 Å². The number of carbonyl (C=O) groups is 1. The van der Waals surface area contributed by atoms with Gasteiger partial charge in [0.15, 0.2) is 0 Å². The van der Waals surface area contributed by atoms with Crippen molar-refractivity contribution in [2.45, 2.75) is 33.0 Å². The zero-order valence-electron chi connectivity index (χ0n) is 13.3. The lowest BCUT2D eigenvalue weighted by atomic mass is 10.1. The molecule has 3 N–H and O–H groups in total. The number of carbonyl (C=O) groups excluding carboxylic acids is 1. The van der Waals surface area contributed by atoms with Crippen LogP contribution in [0.15, 0.2) is 42.5 Å². The number of anilines is 1. The van der Waals surface area contributed by atoms with E-state index in [1.807, 2.05) is 38.1 Å². The topological polar surface area (TPSA) is 61.4 Å². The molecule has 2 rings (SSSR count). The molecule has 0 radical (unpaired) electrons. The number of benzene rings is 2. The number of rotatable bonds is 6. The van der Waals surface area contributed by atoms with Gasteiger partial charge in [0, 0.05) is 18.2 Å². The fourth-order valence-electron chi connectivity index (χ4n) is 2.11. The van der Waals surface area contributed by atoms with Gasteiger partial charge in [-0.3, -0.25) is 4.79 Å². The highest BCUT2D eigenvalue weighted by Crippen LogP contribution is 2.24. The molecule has 23 heavy (non-hydrogen) atoms. The van der Waals surface area contributed by atoms with Crippen LogP contribution in [0.3, 0.4) is 0 Å². The van der Waals surface area contributed by atoms with E-state index in [1.165, 1.54) is 0 Å². The van der Waals surface area contributed by atoms with Crippen LogP contribution >= 0.6 is 11.6 Å². The first-order chi connectivity index (χ1) is 11.0. The third-order valence-electron chi connectivity index (χ3n) is 3.34. The van der Waals surface area contributed by atoms with Gasteiger partial charge in [0.05, 0.1) is 17.3 Å². The molecule has 0 saturated carbocycles. The molecule has 0 bridgehead atoms. The largest absolute Gasteiger partial charge is 0.392 e. The normalized spacial score (nSPS) is 10.7. The van der Waals surface area contributed by atoms with Crippen molar-refractivity contribution in [3.8, 4) is 0 Å².